The summed E-state index contributed by atoms with van der Waals surface area (Å²) in [5, 5.41) is 2.24. The van der Waals surface area contributed by atoms with Crippen molar-refractivity contribution in [3.8, 4) is 0 Å². The Hall–Kier alpha value is -2.74. The smallest absolute Gasteiger partial charge is 0.252 e. The fourth-order valence-corrected chi connectivity index (χ4v) is 7.24. The number of carbonyl (C=O) groups excluding carboxylic acids is 2. The van der Waals surface area contributed by atoms with Gasteiger partial charge in [0.15, 0.2) is 0 Å². The molecule has 0 radical (unpaired) electrons. The van der Waals surface area contributed by atoms with Crippen LogP contribution in [0.1, 0.15) is 44.9 Å². The Bertz CT molecular complexity index is 1370. The summed E-state index contributed by atoms with van der Waals surface area (Å²) >= 11 is 5.98. The molecule has 2 aliphatic rings. The Morgan fingerprint density at radius 3 is 2.17 bits per heavy atom. The van der Waals surface area contributed by atoms with Crippen molar-refractivity contribution in [2.45, 2.75) is 61.9 Å². The molecule has 6 nitrogen and oxygen atoms in total. The molecule has 1 heterocycles. The van der Waals surface area contributed by atoms with E-state index in [4.69, 9.17) is 11.6 Å². The molecule has 1 aliphatic heterocycles. The molecule has 1 saturated heterocycles. The summed E-state index contributed by atoms with van der Waals surface area (Å²) in [6.07, 6.45) is 5.03. The molecule has 3 aromatic carbocycles. The minimum absolute atomic E-state index is 0.144. The number of hydrogen-bond acceptors (Lipinski definition) is 4. The number of sulfonamides is 1. The molecule has 0 spiro atoms. The van der Waals surface area contributed by atoms with Crippen molar-refractivity contribution in [3.05, 3.63) is 71.8 Å². The van der Waals surface area contributed by atoms with E-state index in [9.17, 15) is 18.0 Å². The SMILES string of the molecule is O=C1CC(N(C2CCCCCC2)S(=O)(=O)c2ccc3ccccc3c2)C(=O)N1c1ccc(Cl)cc1. The van der Waals surface area contributed by atoms with Crippen molar-refractivity contribution in [1.29, 1.82) is 0 Å². The number of nitrogens with zero attached hydrogens (tertiary/aromatic N) is 2. The van der Waals surface area contributed by atoms with E-state index in [2.05, 4.69) is 0 Å². The van der Waals surface area contributed by atoms with E-state index in [-0.39, 0.29) is 17.4 Å². The number of hydrogen-bond donors (Lipinski definition) is 0. The zero-order valence-electron chi connectivity index (χ0n) is 19.3. The zero-order chi connectivity index (χ0) is 24.6. The fourth-order valence-electron chi connectivity index (χ4n) is 5.26. The summed E-state index contributed by atoms with van der Waals surface area (Å²) in [5.74, 6) is -0.916. The van der Waals surface area contributed by atoms with Gasteiger partial charge in [0.05, 0.1) is 17.0 Å². The highest BCUT2D eigenvalue weighted by molar-refractivity contribution is 7.89. The van der Waals surface area contributed by atoms with Crippen molar-refractivity contribution in [1.82, 2.24) is 4.31 Å². The quantitative estimate of drug-likeness (QED) is 0.333. The Balaban J connectivity index is 1.57. The standard InChI is InChI=1S/C27H27ClN2O4S/c28-21-12-14-22(15-13-21)29-26(31)18-25(27(29)32)30(23-9-3-1-2-4-10-23)35(33,34)24-16-11-19-7-5-6-8-20(19)17-24/h5-8,11-17,23,25H,1-4,9-10,18H2. The lowest BCUT2D eigenvalue weighted by Crippen LogP contribution is -2.50. The largest absolute Gasteiger partial charge is 0.274 e. The van der Waals surface area contributed by atoms with Gasteiger partial charge in [-0.15, -0.1) is 0 Å². The number of carbonyl (C=O) groups is 2. The molecule has 1 atom stereocenters. The molecule has 0 aromatic heterocycles. The summed E-state index contributed by atoms with van der Waals surface area (Å²) in [6, 6.07) is 17.6. The number of imide groups is 1. The third-order valence-corrected chi connectivity index (χ3v) is 9.21. The molecule has 182 valence electrons. The Labute approximate surface area is 210 Å². The molecular formula is C27H27ClN2O4S. The van der Waals surface area contributed by atoms with Gasteiger partial charge in [0, 0.05) is 11.1 Å². The number of halogens is 1. The summed E-state index contributed by atoms with van der Waals surface area (Å²) in [6.45, 7) is 0. The van der Waals surface area contributed by atoms with Crippen LogP contribution >= 0.6 is 11.6 Å². The highest BCUT2D eigenvalue weighted by atomic mass is 35.5. The Kier molecular flexibility index (Phi) is 6.66. The normalized spacial score (nSPS) is 20.1. The van der Waals surface area contributed by atoms with Gasteiger partial charge in [-0.2, -0.15) is 4.31 Å². The third-order valence-electron chi connectivity index (χ3n) is 7.00. The second-order valence-electron chi connectivity index (χ2n) is 9.25. The lowest BCUT2D eigenvalue weighted by molar-refractivity contribution is -0.122. The Morgan fingerprint density at radius 2 is 1.49 bits per heavy atom. The van der Waals surface area contributed by atoms with Gasteiger partial charge >= 0.3 is 0 Å². The molecule has 5 rings (SSSR count). The van der Waals surface area contributed by atoms with E-state index >= 15 is 0 Å². The molecule has 8 heteroatoms. The topological polar surface area (TPSA) is 74.8 Å². The number of benzene rings is 3. The van der Waals surface area contributed by atoms with Crippen LogP contribution in [0.5, 0.6) is 0 Å². The molecule has 1 unspecified atom stereocenters. The number of rotatable bonds is 5. The summed E-state index contributed by atoms with van der Waals surface area (Å²) in [7, 11) is -4.05. The molecule has 2 amide bonds. The number of amides is 2. The lowest BCUT2D eigenvalue weighted by atomic mass is 10.1. The van der Waals surface area contributed by atoms with Gasteiger partial charge in [0.1, 0.15) is 6.04 Å². The van der Waals surface area contributed by atoms with Crippen molar-refractivity contribution >= 4 is 49.9 Å². The van der Waals surface area contributed by atoms with Gasteiger partial charge in [-0.1, -0.05) is 67.6 Å². The van der Waals surface area contributed by atoms with Crippen LogP contribution in [0, 0.1) is 0 Å². The van der Waals surface area contributed by atoms with Crippen LogP contribution in [-0.2, 0) is 19.6 Å². The zero-order valence-corrected chi connectivity index (χ0v) is 20.8. The van der Waals surface area contributed by atoms with Gasteiger partial charge in [-0.3, -0.25) is 9.59 Å². The minimum atomic E-state index is -4.05. The van der Waals surface area contributed by atoms with E-state index in [0.717, 1.165) is 41.4 Å². The molecule has 0 bridgehead atoms. The highest BCUT2D eigenvalue weighted by Gasteiger charge is 2.49. The van der Waals surface area contributed by atoms with E-state index in [1.165, 1.54) is 4.31 Å². The van der Waals surface area contributed by atoms with Crippen LogP contribution in [0.2, 0.25) is 5.02 Å². The van der Waals surface area contributed by atoms with Crippen LogP contribution in [0.15, 0.2) is 71.6 Å². The van der Waals surface area contributed by atoms with Gasteiger partial charge in [-0.05, 0) is 60.0 Å². The maximum Gasteiger partial charge on any atom is 0.252 e. The molecule has 2 fully saturated rings. The van der Waals surface area contributed by atoms with Crippen molar-refractivity contribution < 1.29 is 18.0 Å². The molecule has 1 saturated carbocycles. The first-order valence-electron chi connectivity index (χ1n) is 12.0. The number of anilines is 1. The highest BCUT2D eigenvalue weighted by Crippen LogP contribution is 2.35. The predicted molar refractivity (Wildman–Crippen MR) is 137 cm³/mol. The van der Waals surface area contributed by atoms with Crippen molar-refractivity contribution in [3.63, 3.8) is 0 Å². The predicted octanol–water partition coefficient (Wildman–Crippen LogP) is 5.54. The van der Waals surface area contributed by atoms with Gasteiger partial charge in [0.2, 0.25) is 15.9 Å². The first kappa shape index (κ1) is 24.0. The van der Waals surface area contributed by atoms with E-state index in [1.807, 2.05) is 24.3 Å². The second kappa shape index (κ2) is 9.72. The second-order valence-corrected chi connectivity index (χ2v) is 11.5. The molecular weight excluding hydrogens is 484 g/mol. The van der Waals surface area contributed by atoms with Crippen LogP contribution in [-0.4, -0.2) is 36.6 Å². The first-order valence-corrected chi connectivity index (χ1v) is 13.8. The molecule has 35 heavy (non-hydrogen) atoms. The first-order chi connectivity index (χ1) is 16.9. The lowest BCUT2D eigenvalue weighted by Gasteiger charge is -2.34. The molecule has 1 aliphatic carbocycles. The van der Waals surface area contributed by atoms with Crippen LogP contribution in [0.4, 0.5) is 5.69 Å². The van der Waals surface area contributed by atoms with Gasteiger partial charge in [0.25, 0.3) is 5.91 Å². The molecule has 3 aromatic rings. The average molecular weight is 511 g/mol. The minimum Gasteiger partial charge on any atom is -0.274 e. The van der Waals surface area contributed by atoms with E-state index < -0.39 is 27.9 Å². The summed E-state index contributed by atoms with van der Waals surface area (Å²) in [4.78, 5) is 27.9. The van der Waals surface area contributed by atoms with E-state index in [1.54, 1.807) is 42.5 Å². The third kappa shape index (κ3) is 4.60. The number of fused-ring (bicyclic) bond motifs is 1. The van der Waals surface area contributed by atoms with Gasteiger partial charge < -0.3 is 0 Å². The molecule has 0 N–H and O–H groups in total. The fraction of sp³-hybridized carbons (Fsp3) is 0.333. The van der Waals surface area contributed by atoms with Crippen LogP contribution in [0.25, 0.3) is 10.8 Å². The van der Waals surface area contributed by atoms with Crippen LogP contribution < -0.4 is 4.90 Å². The summed E-state index contributed by atoms with van der Waals surface area (Å²) < 4.78 is 29.6. The van der Waals surface area contributed by atoms with Gasteiger partial charge in [-0.25, -0.2) is 13.3 Å². The van der Waals surface area contributed by atoms with Crippen molar-refractivity contribution in [2.75, 3.05) is 4.90 Å². The Morgan fingerprint density at radius 1 is 0.829 bits per heavy atom. The maximum atomic E-state index is 14.1. The maximum absolute atomic E-state index is 14.1. The monoisotopic (exact) mass is 510 g/mol. The average Bonchev–Trinajstić information content (AvgIpc) is 3.01. The van der Waals surface area contributed by atoms with Crippen molar-refractivity contribution in [2.24, 2.45) is 0 Å². The summed E-state index contributed by atoms with van der Waals surface area (Å²) in [5.41, 5.74) is 0.399. The van der Waals surface area contributed by atoms with Crippen LogP contribution in [0.3, 0.4) is 0 Å². The van der Waals surface area contributed by atoms with E-state index in [0.29, 0.717) is 23.6 Å².